The number of pyridine rings is 1. The lowest BCUT2D eigenvalue weighted by Crippen LogP contribution is -2.14. The summed E-state index contributed by atoms with van der Waals surface area (Å²) >= 11 is 1.44. The smallest absolute Gasteiger partial charge is 0.255 e. The molecule has 0 saturated carbocycles. The van der Waals surface area contributed by atoms with Crippen LogP contribution in [0.15, 0.2) is 22.2 Å². The molecule has 0 fully saturated rings. The van der Waals surface area contributed by atoms with E-state index in [1.54, 1.807) is 12.3 Å². The Morgan fingerprint density at radius 1 is 1.42 bits per heavy atom. The zero-order valence-electron chi connectivity index (χ0n) is 11.7. The molecule has 0 aliphatic heterocycles. The zero-order valence-corrected chi connectivity index (χ0v) is 12.5. The summed E-state index contributed by atoms with van der Waals surface area (Å²) in [5.41, 5.74) is 1.01. The topological polar surface area (TPSA) is 67.9 Å². The van der Waals surface area contributed by atoms with Crippen LogP contribution in [0.4, 0.5) is 0 Å². The maximum absolute atomic E-state index is 11.7. The van der Waals surface area contributed by atoms with Crippen LogP contribution in [-0.4, -0.2) is 27.8 Å². The molecule has 0 spiro atoms. The van der Waals surface area contributed by atoms with Gasteiger partial charge in [0, 0.05) is 23.8 Å². The van der Waals surface area contributed by atoms with Crippen molar-refractivity contribution in [3.05, 3.63) is 28.2 Å². The van der Waals surface area contributed by atoms with E-state index in [2.05, 4.69) is 15.0 Å². The third-order valence-electron chi connectivity index (χ3n) is 2.29. The number of fused-ring (bicyclic) bond motifs is 1. The molecule has 0 aliphatic rings. The van der Waals surface area contributed by atoms with Crippen molar-refractivity contribution in [1.82, 2.24) is 15.0 Å². The number of thioether (sulfide) groups is 1. The fourth-order valence-corrected chi connectivity index (χ4v) is 1.78. The van der Waals surface area contributed by atoms with Crippen molar-refractivity contribution < 1.29 is 4.74 Å². The summed E-state index contributed by atoms with van der Waals surface area (Å²) in [5.74, 6) is 0. The lowest BCUT2D eigenvalue weighted by molar-refractivity contribution is 0.133. The summed E-state index contributed by atoms with van der Waals surface area (Å²) in [6, 6.07) is 1.77. The van der Waals surface area contributed by atoms with E-state index in [-0.39, 0.29) is 5.56 Å². The third-order valence-corrected chi connectivity index (χ3v) is 2.85. The van der Waals surface area contributed by atoms with Crippen LogP contribution in [0.25, 0.3) is 11.0 Å². The Bertz CT molecular complexity index is 584. The first-order valence-corrected chi connectivity index (χ1v) is 7.47. The monoisotopic (exact) mass is 281 g/mol. The molecule has 19 heavy (non-hydrogen) atoms. The van der Waals surface area contributed by atoms with Crippen LogP contribution in [0.1, 0.15) is 26.3 Å². The minimum Gasteiger partial charge on any atom is -0.377 e. The van der Waals surface area contributed by atoms with Gasteiger partial charge in [-0.1, -0.05) is 25.6 Å². The molecular weight excluding hydrogens is 262 g/mol. The minimum absolute atomic E-state index is 0.156. The van der Waals surface area contributed by atoms with E-state index < -0.39 is 0 Å². The molecule has 0 amide bonds. The molecule has 0 unspecified atom stereocenters. The lowest BCUT2D eigenvalue weighted by atomic mass is 10.2. The molecule has 0 saturated heterocycles. The largest absolute Gasteiger partial charge is 0.377 e. The minimum atomic E-state index is -0.156. The van der Waals surface area contributed by atoms with E-state index in [9.17, 15) is 4.79 Å². The van der Waals surface area contributed by atoms with Gasteiger partial charge in [-0.15, -0.1) is 0 Å². The second-order valence-corrected chi connectivity index (χ2v) is 4.19. The van der Waals surface area contributed by atoms with E-state index in [1.807, 2.05) is 27.0 Å². The van der Waals surface area contributed by atoms with Crippen molar-refractivity contribution in [3.8, 4) is 0 Å². The number of hydrogen-bond donors (Lipinski definition) is 1. The first-order chi connectivity index (χ1) is 9.24. The Hall–Kier alpha value is -1.40. The van der Waals surface area contributed by atoms with Gasteiger partial charge in [-0.3, -0.25) is 4.79 Å². The van der Waals surface area contributed by atoms with Gasteiger partial charge in [0.25, 0.3) is 5.56 Å². The molecule has 1 N–H and O–H groups in total. The van der Waals surface area contributed by atoms with Gasteiger partial charge in [-0.2, -0.15) is 0 Å². The quantitative estimate of drug-likeness (QED) is 0.689. The zero-order chi connectivity index (χ0) is 14.3. The van der Waals surface area contributed by atoms with E-state index >= 15 is 0 Å². The van der Waals surface area contributed by atoms with E-state index in [0.717, 1.165) is 5.39 Å². The van der Waals surface area contributed by atoms with Crippen LogP contribution in [0.5, 0.6) is 0 Å². The first-order valence-electron chi connectivity index (χ1n) is 6.25. The number of nitrogens with zero attached hydrogens (tertiary/aromatic N) is 2. The van der Waals surface area contributed by atoms with Crippen molar-refractivity contribution in [2.24, 2.45) is 0 Å². The van der Waals surface area contributed by atoms with Crippen LogP contribution in [0.2, 0.25) is 0 Å². The van der Waals surface area contributed by atoms with Crippen molar-refractivity contribution >= 4 is 22.8 Å². The second-order valence-electron chi connectivity index (χ2n) is 3.42. The van der Waals surface area contributed by atoms with Crippen LogP contribution < -0.4 is 5.56 Å². The number of nitrogens with one attached hydrogen (secondary N) is 1. The maximum atomic E-state index is 11.7. The average Bonchev–Trinajstić information content (AvgIpc) is 2.46. The van der Waals surface area contributed by atoms with Gasteiger partial charge in [0.15, 0.2) is 5.16 Å². The summed E-state index contributed by atoms with van der Waals surface area (Å²) in [6.45, 7) is 6.79. The second kappa shape index (κ2) is 7.91. The summed E-state index contributed by atoms with van der Waals surface area (Å²) in [5, 5.41) is 1.46. The summed E-state index contributed by atoms with van der Waals surface area (Å²) in [6.07, 6.45) is 3.60. The fourth-order valence-electron chi connectivity index (χ4n) is 1.44. The highest BCUT2D eigenvalue weighted by Crippen LogP contribution is 2.13. The van der Waals surface area contributed by atoms with Crippen molar-refractivity contribution in [2.45, 2.75) is 32.5 Å². The first kappa shape index (κ1) is 15.7. The number of H-pyrrole nitrogens is 1. The molecule has 0 bridgehead atoms. The molecule has 2 aromatic heterocycles. The Kier molecular flexibility index (Phi) is 6.52. The molecule has 0 radical (unpaired) electrons. The molecule has 0 aromatic carbocycles. The van der Waals surface area contributed by atoms with E-state index in [0.29, 0.717) is 29.6 Å². The molecule has 104 valence electrons. The van der Waals surface area contributed by atoms with Crippen LogP contribution in [0, 0.1) is 0 Å². The Labute approximate surface area is 116 Å². The molecule has 2 aromatic rings. The number of rotatable bonds is 4. The van der Waals surface area contributed by atoms with Gasteiger partial charge >= 0.3 is 0 Å². The van der Waals surface area contributed by atoms with Crippen molar-refractivity contribution in [3.63, 3.8) is 0 Å². The standard InChI is InChI=1S/C11H13N3O2S.C2H6/c1-3-16-6-8-4-7-5-12-11(17-2)14-9(7)13-10(8)15;1-2/h4-5H,3,6H2,1-2H3,(H,12,13,14,15);1-2H3. The van der Waals surface area contributed by atoms with Gasteiger partial charge in [0.1, 0.15) is 5.65 Å². The fraction of sp³-hybridized carbons (Fsp3) is 0.462. The molecule has 0 atom stereocenters. The van der Waals surface area contributed by atoms with Crippen LogP contribution in [0.3, 0.4) is 0 Å². The van der Waals surface area contributed by atoms with Gasteiger partial charge in [-0.05, 0) is 19.2 Å². The molecular formula is C13H19N3O2S. The van der Waals surface area contributed by atoms with Crippen molar-refractivity contribution in [2.75, 3.05) is 12.9 Å². The van der Waals surface area contributed by atoms with Crippen LogP contribution >= 0.6 is 11.8 Å². The molecule has 2 heterocycles. The van der Waals surface area contributed by atoms with Gasteiger partial charge in [0.05, 0.1) is 6.61 Å². The van der Waals surface area contributed by atoms with Gasteiger partial charge < -0.3 is 9.72 Å². The highest BCUT2D eigenvalue weighted by atomic mass is 32.2. The average molecular weight is 281 g/mol. The number of aromatic amines is 1. The molecule has 5 nitrogen and oxygen atoms in total. The highest BCUT2D eigenvalue weighted by Gasteiger charge is 2.05. The van der Waals surface area contributed by atoms with E-state index in [4.69, 9.17) is 4.74 Å². The Balaban J connectivity index is 0.000000861. The molecule has 0 aliphatic carbocycles. The number of ether oxygens (including phenoxy) is 1. The predicted molar refractivity (Wildman–Crippen MR) is 78.6 cm³/mol. The SMILES string of the molecule is CC.CCOCc1cc2cnc(SC)nc2[nH]c1=O. The highest BCUT2D eigenvalue weighted by molar-refractivity contribution is 7.98. The van der Waals surface area contributed by atoms with Gasteiger partial charge in [-0.25, -0.2) is 9.97 Å². The number of hydrogen-bond acceptors (Lipinski definition) is 5. The molecule has 2 rings (SSSR count). The third kappa shape index (κ3) is 4.04. The summed E-state index contributed by atoms with van der Waals surface area (Å²) < 4.78 is 5.23. The Morgan fingerprint density at radius 3 is 2.79 bits per heavy atom. The van der Waals surface area contributed by atoms with Gasteiger partial charge in [0.2, 0.25) is 0 Å². The lowest BCUT2D eigenvalue weighted by Gasteiger charge is -2.03. The molecule has 6 heteroatoms. The normalized spacial score (nSPS) is 10.1. The maximum Gasteiger partial charge on any atom is 0.255 e. The predicted octanol–water partition coefficient (Wildman–Crippen LogP) is 2.60. The van der Waals surface area contributed by atoms with E-state index in [1.165, 1.54) is 11.8 Å². The summed E-state index contributed by atoms with van der Waals surface area (Å²) in [4.78, 5) is 22.9. The number of aromatic nitrogens is 3. The Morgan fingerprint density at radius 2 is 2.16 bits per heavy atom. The summed E-state index contributed by atoms with van der Waals surface area (Å²) in [7, 11) is 0. The van der Waals surface area contributed by atoms with Crippen molar-refractivity contribution in [1.29, 1.82) is 0 Å². The van der Waals surface area contributed by atoms with Crippen LogP contribution in [-0.2, 0) is 11.3 Å².